The summed E-state index contributed by atoms with van der Waals surface area (Å²) in [6, 6.07) is -0.421. The van der Waals surface area contributed by atoms with E-state index in [9.17, 15) is 14.7 Å². The maximum Gasteiger partial charge on any atom is 0.319 e. The molecule has 0 unspecified atom stereocenters. The van der Waals surface area contributed by atoms with E-state index in [2.05, 4.69) is 27.1 Å². The molecule has 0 atom stereocenters. The molecule has 0 radical (unpaired) electrons. The molecule has 2 rings (SSSR count). The molecule has 1 heterocycles. The molecule has 1 fully saturated rings. The molecule has 1 aliphatic carbocycles. The van der Waals surface area contributed by atoms with Crippen molar-refractivity contribution in [2.24, 2.45) is 11.3 Å². The van der Waals surface area contributed by atoms with Gasteiger partial charge < -0.3 is 10.4 Å². The van der Waals surface area contributed by atoms with E-state index in [4.69, 9.17) is 0 Å². The number of rotatable bonds is 4. The van der Waals surface area contributed by atoms with Gasteiger partial charge in [0.05, 0.1) is 11.6 Å². The molecule has 110 valence electrons. The number of hydrogen-bond donors (Lipinski definition) is 3. The van der Waals surface area contributed by atoms with Gasteiger partial charge in [0.25, 0.3) is 0 Å². The van der Waals surface area contributed by atoms with Crippen LogP contribution in [0.3, 0.4) is 0 Å². The van der Waals surface area contributed by atoms with Crippen molar-refractivity contribution in [3.63, 3.8) is 0 Å². The number of aliphatic carboxylic acids is 1. The average Bonchev–Trinajstić information content (AvgIpc) is 2.91. The second-order valence-electron chi connectivity index (χ2n) is 5.36. The van der Waals surface area contributed by atoms with Crippen LogP contribution in [0.15, 0.2) is 6.20 Å². The van der Waals surface area contributed by atoms with Crippen molar-refractivity contribution in [3.8, 4) is 0 Å². The number of nitrogens with one attached hydrogen (secondary N) is 2. The van der Waals surface area contributed by atoms with Crippen LogP contribution in [0.2, 0.25) is 0 Å². The summed E-state index contributed by atoms with van der Waals surface area (Å²) in [5.41, 5.74) is -0.838. The lowest BCUT2D eigenvalue weighted by atomic mass is 9.71. The van der Waals surface area contributed by atoms with Crippen molar-refractivity contribution in [2.75, 3.05) is 11.9 Å². The lowest BCUT2D eigenvalue weighted by Crippen LogP contribution is -2.46. The quantitative estimate of drug-likeness (QED) is 0.788. The molecular formula is C12H18N4O3S. The fourth-order valence-corrected chi connectivity index (χ4v) is 2.82. The van der Waals surface area contributed by atoms with Crippen molar-refractivity contribution in [2.45, 2.75) is 32.6 Å². The highest BCUT2D eigenvalue weighted by Gasteiger charge is 2.41. The van der Waals surface area contributed by atoms with E-state index in [-0.39, 0.29) is 6.54 Å². The SMILES string of the molecule is CC1CCC(CNC(=O)Nc2cnns2)(C(=O)O)CC1. The fourth-order valence-electron chi connectivity index (χ4n) is 2.41. The first-order chi connectivity index (χ1) is 9.52. The smallest absolute Gasteiger partial charge is 0.319 e. The summed E-state index contributed by atoms with van der Waals surface area (Å²) in [7, 11) is 0. The van der Waals surface area contributed by atoms with Crippen LogP contribution in [-0.2, 0) is 4.79 Å². The Morgan fingerprint density at radius 1 is 1.50 bits per heavy atom. The van der Waals surface area contributed by atoms with Crippen molar-refractivity contribution < 1.29 is 14.7 Å². The molecule has 0 bridgehead atoms. The van der Waals surface area contributed by atoms with Crippen LogP contribution < -0.4 is 10.6 Å². The summed E-state index contributed by atoms with van der Waals surface area (Å²) in [4.78, 5) is 23.2. The minimum absolute atomic E-state index is 0.146. The van der Waals surface area contributed by atoms with E-state index >= 15 is 0 Å². The number of anilines is 1. The molecule has 0 saturated heterocycles. The first kappa shape index (κ1) is 14.7. The molecule has 1 aliphatic rings. The number of urea groups is 1. The zero-order valence-corrected chi connectivity index (χ0v) is 12.1. The molecule has 2 amide bonds. The van der Waals surface area contributed by atoms with Crippen LogP contribution >= 0.6 is 11.5 Å². The normalized spacial score (nSPS) is 25.9. The van der Waals surface area contributed by atoms with Gasteiger partial charge >= 0.3 is 12.0 Å². The molecule has 1 aromatic rings. The topological polar surface area (TPSA) is 104 Å². The predicted octanol–water partition coefficient (Wildman–Crippen LogP) is 1.94. The van der Waals surface area contributed by atoms with E-state index in [1.165, 1.54) is 6.20 Å². The summed E-state index contributed by atoms with van der Waals surface area (Å²) in [6.07, 6.45) is 4.42. The maximum absolute atomic E-state index is 11.7. The highest BCUT2D eigenvalue weighted by atomic mass is 32.1. The number of carboxylic acid groups (broad SMARTS) is 1. The minimum Gasteiger partial charge on any atom is -0.481 e. The summed E-state index contributed by atoms with van der Waals surface area (Å²) >= 11 is 1.07. The number of carbonyl (C=O) groups excluding carboxylic acids is 1. The van der Waals surface area contributed by atoms with Crippen LogP contribution in [0.5, 0.6) is 0 Å². The lowest BCUT2D eigenvalue weighted by Gasteiger charge is -2.35. The van der Waals surface area contributed by atoms with E-state index in [1.807, 2.05) is 0 Å². The van der Waals surface area contributed by atoms with Gasteiger partial charge in [0.15, 0.2) is 0 Å². The Morgan fingerprint density at radius 2 is 2.20 bits per heavy atom. The van der Waals surface area contributed by atoms with Crippen LogP contribution in [0.4, 0.5) is 9.80 Å². The van der Waals surface area contributed by atoms with Gasteiger partial charge in [-0.05, 0) is 31.6 Å². The second-order valence-corrected chi connectivity index (χ2v) is 6.14. The largest absolute Gasteiger partial charge is 0.481 e. The second kappa shape index (κ2) is 6.17. The van der Waals surface area contributed by atoms with Gasteiger partial charge in [-0.2, -0.15) is 0 Å². The van der Waals surface area contributed by atoms with Crippen molar-refractivity contribution in [3.05, 3.63) is 6.20 Å². The Balaban J connectivity index is 1.89. The molecule has 0 spiro atoms. The van der Waals surface area contributed by atoms with Gasteiger partial charge in [0.2, 0.25) is 0 Å². The monoisotopic (exact) mass is 298 g/mol. The first-order valence-corrected chi connectivity index (χ1v) is 7.35. The third-order valence-electron chi connectivity index (χ3n) is 3.87. The van der Waals surface area contributed by atoms with E-state index < -0.39 is 17.4 Å². The number of hydrogen-bond acceptors (Lipinski definition) is 5. The average molecular weight is 298 g/mol. The summed E-state index contributed by atoms with van der Waals surface area (Å²) < 4.78 is 3.63. The number of aromatic nitrogens is 2. The molecule has 7 nitrogen and oxygen atoms in total. The van der Waals surface area contributed by atoms with Crippen molar-refractivity contribution >= 4 is 28.5 Å². The highest BCUT2D eigenvalue weighted by Crippen LogP contribution is 2.38. The molecular weight excluding hydrogens is 280 g/mol. The van der Waals surface area contributed by atoms with E-state index in [0.29, 0.717) is 23.8 Å². The fraction of sp³-hybridized carbons (Fsp3) is 0.667. The Labute approximate surface area is 120 Å². The zero-order chi connectivity index (χ0) is 14.6. The molecule has 8 heteroatoms. The van der Waals surface area contributed by atoms with Gasteiger partial charge in [0.1, 0.15) is 5.00 Å². The van der Waals surface area contributed by atoms with E-state index in [0.717, 1.165) is 24.4 Å². The van der Waals surface area contributed by atoms with Crippen LogP contribution in [-0.4, -0.2) is 33.2 Å². The van der Waals surface area contributed by atoms with Crippen LogP contribution in [0.1, 0.15) is 32.6 Å². The third kappa shape index (κ3) is 3.44. The number of carboxylic acids is 1. The van der Waals surface area contributed by atoms with Crippen molar-refractivity contribution in [1.29, 1.82) is 0 Å². The Kier molecular flexibility index (Phi) is 4.53. The summed E-state index contributed by atoms with van der Waals surface area (Å²) in [6.45, 7) is 2.27. The molecule has 3 N–H and O–H groups in total. The molecule has 20 heavy (non-hydrogen) atoms. The van der Waals surface area contributed by atoms with Gasteiger partial charge in [-0.15, -0.1) is 5.10 Å². The van der Waals surface area contributed by atoms with Crippen LogP contribution in [0.25, 0.3) is 0 Å². The van der Waals surface area contributed by atoms with Gasteiger partial charge in [-0.1, -0.05) is 11.4 Å². The predicted molar refractivity (Wildman–Crippen MR) is 74.6 cm³/mol. The number of amides is 2. The van der Waals surface area contributed by atoms with E-state index in [1.54, 1.807) is 0 Å². The maximum atomic E-state index is 11.7. The minimum atomic E-state index is -0.838. The Bertz CT molecular complexity index is 469. The molecule has 1 aromatic heterocycles. The summed E-state index contributed by atoms with van der Waals surface area (Å²) in [5, 5.41) is 18.8. The Hall–Kier alpha value is -1.70. The zero-order valence-electron chi connectivity index (χ0n) is 11.3. The molecule has 1 saturated carbocycles. The van der Waals surface area contributed by atoms with Gasteiger partial charge in [0, 0.05) is 18.1 Å². The van der Waals surface area contributed by atoms with Gasteiger partial charge in [-0.3, -0.25) is 10.1 Å². The first-order valence-electron chi connectivity index (χ1n) is 6.57. The summed E-state index contributed by atoms with van der Waals surface area (Å²) in [5.74, 6) is -0.274. The molecule has 0 aromatic carbocycles. The number of carbonyl (C=O) groups is 2. The molecule has 0 aliphatic heterocycles. The van der Waals surface area contributed by atoms with Crippen LogP contribution in [0, 0.1) is 11.3 Å². The lowest BCUT2D eigenvalue weighted by molar-refractivity contribution is -0.151. The Morgan fingerprint density at radius 3 is 2.75 bits per heavy atom. The third-order valence-corrected chi connectivity index (χ3v) is 4.45. The highest BCUT2D eigenvalue weighted by molar-refractivity contribution is 7.10. The standard InChI is InChI=1S/C12H18N4O3S/c1-8-2-4-12(5-3-8,10(17)18)7-13-11(19)15-9-6-14-16-20-9/h6,8H,2-5,7H2,1H3,(H,17,18)(H2,13,15,19). The van der Waals surface area contributed by atoms with Crippen molar-refractivity contribution in [1.82, 2.24) is 14.9 Å². The number of nitrogens with zero attached hydrogens (tertiary/aromatic N) is 2. The van der Waals surface area contributed by atoms with Gasteiger partial charge in [-0.25, -0.2) is 4.79 Å².